The molecule has 4 heteroatoms. The Morgan fingerprint density at radius 2 is 2.42 bits per heavy atom. The van der Waals surface area contributed by atoms with Crippen molar-refractivity contribution in [1.82, 2.24) is 4.90 Å². The van der Waals surface area contributed by atoms with E-state index in [2.05, 4.69) is 4.74 Å². The van der Waals surface area contributed by atoms with Gasteiger partial charge < -0.3 is 9.64 Å². The van der Waals surface area contributed by atoms with Crippen LogP contribution in [0.25, 0.3) is 0 Å². The third-order valence-corrected chi connectivity index (χ3v) is 2.13. The van der Waals surface area contributed by atoms with Crippen LogP contribution in [-0.2, 0) is 14.3 Å². The molecule has 1 aliphatic rings. The largest absolute Gasteiger partial charge is 0.469 e. The van der Waals surface area contributed by atoms with Crippen molar-refractivity contribution in [2.24, 2.45) is 5.92 Å². The summed E-state index contributed by atoms with van der Waals surface area (Å²) in [5.74, 6) is -0.477. The molecule has 0 N–H and O–H groups in total. The number of carbonyl (C=O) groups is 2. The van der Waals surface area contributed by atoms with Crippen molar-refractivity contribution in [2.45, 2.75) is 13.3 Å². The first-order valence-corrected chi connectivity index (χ1v) is 4.04. The molecule has 1 heterocycles. The molecule has 0 aromatic heterocycles. The van der Waals surface area contributed by atoms with Crippen molar-refractivity contribution in [3.05, 3.63) is 0 Å². The topological polar surface area (TPSA) is 46.6 Å². The molecule has 1 rings (SSSR count). The minimum atomic E-state index is -0.278. The minimum absolute atomic E-state index is 0.0490. The maximum absolute atomic E-state index is 11.2. The lowest BCUT2D eigenvalue weighted by atomic mass is 10.1. The van der Waals surface area contributed by atoms with Gasteiger partial charge in [0.2, 0.25) is 5.91 Å². The third kappa shape index (κ3) is 1.57. The van der Waals surface area contributed by atoms with Crippen molar-refractivity contribution in [3.8, 4) is 0 Å². The molecule has 0 bridgehead atoms. The standard InChI is InChI=1S/C8H13NO3/c1-3-9-5-6(4-7(9)10)8(11)12-2/h6H,3-5H2,1-2H3/t6-/m0/s1. The summed E-state index contributed by atoms with van der Waals surface area (Å²) in [4.78, 5) is 23.8. The van der Waals surface area contributed by atoms with Gasteiger partial charge in [-0.1, -0.05) is 0 Å². The second kappa shape index (κ2) is 3.56. The summed E-state index contributed by atoms with van der Waals surface area (Å²) in [6.45, 7) is 3.09. The van der Waals surface area contributed by atoms with E-state index in [1.807, 2.05) is 6.92 Å². The molecule has 0 aliphatic carbocycles. The molecular formula is C8H13NO3. The molecule has 0 aromatic rings. The molecule has 1 aliphatic heterocycles. The highest BCUT2D eigenvalue weighted by molar-refractivity contribution is 5.86. The van der Waals surface area contributed by atoms with Gasteiger partial charge in [-0.25, -0.2) is 0 Å². The van der Waals surface area contributed by atoms with Crippen LogP contribution >= 0.6 is 0 Å². The van der Waals surface area contributed by atoms with Gasteiger partial charge in [-0.05, 0) is 6.92 Å². The van der Waals surface area contributed by atoms with Gasteiger partial charge in [0.25, 0.3) is 0 Å². The van der Waals surface area contributed by atoms with Crippen molar-refractivity contribution in [3.63, 3.8) is 0 Å². The summed E-state index contributed by atoms with van der Waals surface area (Å²) in [6.07, 6.45) is 0.306. The van der Waals surface area contributed by atoms with Crippen LogP contribution in [-0.4, -0.2) is 37.0 Å². The van der Waals surface area contributed by atoms with Crippen molar-refractivity contribution in [2.75, 3.05) is 20.2 Å². The zero-order valence-electron chi connectivity index (χ0n) is 7.37. The first-order chi connectivity index (χ1) is 5.69. The Kier molecular flexibility index (Phi) is 2.68. The molecule has 1 fully saturated rings. The molecule has 68 valence electrons. The summed E-state index contributed by atoms with van der Waals surface area (Å²) >= 11 is 0. The monoisotopic (exact) mass is 171 g/mol. The predicted octanol–water partition coefficient (Wildman–Crippen LogP) is 0.0278. The van der Waals surface area contributed by atoms with E-state index in [0.29, 0.717) is 19.5 Å². The third-order valence-electron chi connectivity index (χ3n) is 2.13. The summed E-state index contributed by atoms with van der Waals surface area (Å²) in [5, 5.41) is 0. The van der Waals surface area contributed by atoms with Crippen LogP contribution in [0.1, 0.15) is 13.3 Å². The maximum atomic E-state index is 11.2. The average Bonchev–Trinajstić information content (AvgIpc) is 2.45. The lowest BCUT2D eigenvalue weighted by molar-refractivity contribution is -0.145. The highest BCUT2D eigenvalue weighted by Gasteiger charge is 2.33. The number of amides is 1. The van der Waals surface area contributed by atoms with Crippen molar-refractivity contribution >= 4 is 11.9 Å². The number of rotatable bonds is 2. The van der Waals surface area contributed by atoms with Crippen LogP contribution in [0.2, 0.25) is 0 Å². The summed E-state index contributed by atoms with van der Waals surface area (Å²) in [6, 6.07) is 0. The van der Waals surface area contributed by atoms with E-state index in [1.54, 1.807) is 4.90 Å². The first kappa shape index (κ1) is 9.03. The van der Waals surface area contributed by atoms with Gasteiger partial charge in [0, 0.05) is 19.5 Å². The highest BCUT2D eigenvalue weighted by Crippen LogP contribution is 2.18. The van der Waals surface area contributed by atoms with Gasteiger partial charge in [-0.15, -0.1) is 0 Å². The Morgan fingerprint density at radius 1 is 1.75 bits per heavy atom. The van der Waals surface area contributed by atoms with Crippen LogP contribution in [0.5, 0.6) is 0 Å². The van der Waals surface area contributed by atoms with E-state index in [4.69, 9.17) is 0 Å². The predicted molar refractivity (Wildman–Crippen MR) is 42.4 cm³/mol. The Bertz CT molecular complexity index is 200. The number of esters is 1. The Hall–Kier alpha value is -1.06. The molecule has 1 saturated heterocycles. The van der Waals surface area contributed by atoms with Crippen LogP contribution in [0.3, 0.4) is 0 Å². The Labute approximate surface area is 71.5 Å². The number of likely N-dealkylation sites (tertiary alicyclic amines) is 1. The van der Waals surface area contributed by atoms with E-state index >= 15 is 0 Å². The number of methoxy groups -OCH3 is 1. The molecule has 12 heavy (non-hydrogen) atoms. The Balaban J connectivity index is 2.54. The van der Waals surface area contributed by atoms with E-state index in [0.717, 1.165) is 0 Å². The zero-order chi connectivity index (χ0) is 9.14. The van der Waals surface area contributed by atoms with Gasteiger partial charge in [0.15, 0.2) is 0 Å². The molecule has 0 spiro atoms. The lowest BCUT2D eigenvalue weighted by Gasteiger charge is -2.12. The van der Waals surface area contributed by atoms with Crippen molar-refractivity contribution < 1.29 is 14.3 Å². The summed E-state index contributed by atoms with van der Waals surface area (Å²) < 4.78 is 4.56. The molecule has 0 saturated carbocycles. The van der Waals surface area contributed by atoms with Gasteiger partial charge in [-0.2, -0.15) is 0 Å². The van der Waals surface area contributed by atoms with E-state index in [-0.39, 0.29) is 17.8 Å². The van der Waals surface area contributed by atoms with Gasteiger partial charge in [-0.3, -0.25) is 9.59 Å². The highest BCUT2D eigenvalue weighted by atomic mass is 16.5. The van der Waals surface area contributed by atoms with Crippen LogP contribution in [0.4, 0.5) is 0 Å². The van der Waals surface area contributed by atoms with Crippen LogP contribution in [0.15, 0.2) is 0 Å². The molecule has 1 atom stereocenters. The lowest BCUT2D eigenvalue weighted by Crippen LogP contribution is -2.26. The SMILES string of the molecule is CCN1C[C@@H](C(=O)OC)CC1=O. The molecule has 1 amide bonds. The fourth-order valence-electron chi connectivity index (χ4n) is 1.40. The van der Waals surface area contributed by atoms with E-state index in [9.17, 15) is 9.59 Å². The van der Waals surface area contributed by atoms with Crippen LogP contribution in [0, 0.1) is 5.92 Å². The minimum Gasteiger partial charge on any atom is -0.469 e. The summed E-state index contributed by atoms with van der Waals surface area (Å²) in [5.41, 5.74) is 0. The van der Waals surface area contributed by atoms with Gasteiger partial charge >= 0.3 is 5.97 Å². The number of ether oxygens (including phenoxy) is 1. The van der Waals surface area contributed by atoms with E-state index < -0.39 is 0 Å². The maximum Gasteiger partial charge on any atom is 0.310 e. The van der Waals surface area contributed by atoms with Crippen molar-refractivity contribution in [1.29, 1.82) is 0 Å². The summed E-state index contributed by atoms with van der Waals surface area (Å²) in [7, 11) is 1.35. The number of nitrogens with zero attached hydrogens (tertiary/aromatic N) is 1. The molecule has 0 unspecified atom stereocenters. The molecular weight excluding hydrogens is 158 g/mol. The Morgan fingerprint density at radius 3 is 2.83 bits per heavy atom. The molecule has 0 radical (unpaired) electrons. The van der Waals surface area contributed by atoms with Crippen LogP contribution < -0.4 is 0 Å². The second-order valence-corrected chi connectivity index (χ2v) is 2.86. The van der Waals surface area contributed by atoms with Gasteiger partial charge in [0.1, 0.15) is 0 Å². The normalized spacial score (nSPS) is 23.0. The number of hydrogen-bond donors (Lipinski definition) is 0. The first-order valence-electron chi connectivity index (χ1n) is 4.04. The molecule has 0 aromatic carbocycles. The fourth-order valence-corrected chi connectivity index (χ4v) is 1.40. The average molecular weight is 171 g/mol. The van der Waals surface area contributed by atoms with Gasteiger partial charge in [0.05, 0.1) is 13.0 Å². The van der Waals surface area contributed by atoms with E-state index in [1.165, 1.54) is 7.11 Å². The molecule has 4 nitrogen and oxygen atoms in total. The number of carbonyl (C=O) groups excluding carboxylic acids is 2. The fraction of sp³-hybridized carbons (Fsp3) is 0.750. The second-order valence-electron chi connectivity index (χ2n) is 2.86. The number of hydrogen-bond acceptors (Lipinski definition) is 3. The zero-order valence-corrected chi connectivity index (χ0v) is 7.37. The smallest absolute Gasteiger partial charge is 0.310 e. The quantitative estimate of drug-likeness (QED) is 0.550.